The molecule has 1 aliphatic carbocycles. The summed E-state index contributed by atoms with van der Waals surface area (Å²) in [5, 5.41) is 7.66. The SMILES string of the molecule is CCC1CCCC(Oc2c(C)cccc2C(=N)N)C1. The van der Waals surface area contributed by atoms with Crippen molar-refractivity contribution in [2.75, 3.05) is 0 Å². The van der Waals surface area contributed by atoms with Crippen molar-refractivity contribution in [1.82, 2.24) is 0 Å². The summed E-state index contributed by atoms with van der Waals surface area (Å²) in [6, 6.07) is 5.81. The zero-order valence-corrected chi connectivity index (χ0v) is 11.9. The van der Waals surface area contributed by atoms with Gasteiger partial charge in [-0.05, 0) is 43.7 Å². The Hall–Kier alpha value is -1.51. The number of ether oxygens (including phenoxy) is 1. The molecule has 2 unspecified atom stereocenters. The first-order valence-corrected chi connectivity index (χ1v) is 7.22. The molecule has 2 rings (SSSR count). The molecule has 3 nitrogen and oxygen atoms in total. The highest BCUT2D eigenvalue weighted by atomic mass is 16.5. The Balaban J connectivity index is 2.16. The molecule has 1 aliphatic rings. The predicted octanol–water partition coefficient (Wildman–Crippen LogP) is 3.63. The Kier molecular flexibility index (Phi) is 4.46. The van der Waals surface area contributed by atoms with Crippen LogP contribution in [0.4, 0.5) is 0 Å². The van der Waals surface area contributed by atoms with E-state index in [0.29, 0.717) is 0 Å². The van der Waals surface area contributed by atoms with Crippen molar-refractivity contribution in [2.24, 2.45) is 11.7 Å². The molecule has 0 spiro atoms. The fraction of sp³-hybridized carbons (Fsp3) is 0.562. The van der Waals surface area contributed by atoms with Crippen LogP contribution in [-0.4, -0.2) is 11.9 Å². The van der Waals surface area contributed by atoms with Crippen molar-refractivity contribution in [3.8, 4) is 5.75 Å². The second kappa shape index (κ2) is 6.09. The number of hydrogen-bond donors (Lipinski definition) is 2. The number of aryl methyl sites for hydroxylation is 1. The molecule has 0 aliphatic heterocycles. The molecule has 3 N–H and O–H groups in total. The summed E-state index contributed by atoms with van der Waals surface area (Å²) in [6.07, 6.45) is 6.31. The zero-order valence-electron chi connectivity index (χ0n) is 11.9. The summed E-state index contributed by atoms with van der Waals surface area (Å²) in [7, 11) is 0. The van der Waals surface area contributed by atoms with Gasteiger partial charge in [0.25, 0.3) is 0 Å². The molecule has 1 aromatic carbocycles. The minimum absolute atomic E-state index is 0.0848. The van der Waals surface area contributed by atoms with Crippen molar-refractivity contribution in [1.29, 1.82) is 5.41 Å². The maximum absolute atomic E-state index is 7.66. The molecule has 2 atom stereocenters. The lowest BCUT2D eigenvalue weighted by Gasteiger charge is -2.30. The van der Waals surface area contributed by atoms with Crippen LogP contribution in [0.15, 0.2) is 18.2 Å². The zero-order chi connectivity index (χ0) is 13.8. The molecule has 0 radical (unpaired) electrons. The number of amidine groups is 1. The molecule has 1 aromatic rings. The largest absolute Gasteiger partial charge is 0.489 e. The van der Waals surface area contributed by atoms with Crippen LogP contribution in [0.3, 0.4) is 0 Å². The Labute approximate surface area is 115 Å². The first kappa shape index (κ1) is 13.9. The van der Waals surface area contributed by atoms with Gasteiger partial charge >= 0.3 is 0 Å². The van der Waals surface area contributed by atoms with Crippen LogP contribution < -0.4 is 10.5 Å². The molecule has 1 fully saturated rings. The van der Waals surface area contributed by atoms with Crippen LogP contribution in [0.1, 0.15) is 50.2 Å². The topological polar surface area (TPSA) is 59.1 Å². The molecule has 0 amide bonds. The van der Waals surface area contributed by atoms with E-state index >= 15 is 0 Å². The lowest BCUT2D eigenvalue weighted by Crippen LogP contribution is -2.26. The van der Waals surface area contributed by atoms with E-state index in [1.807, 2.05) is 25.1 Å². The highest BCUT2D eigenvalue weighted by Crippen LogP contribution is 2.32. The maximum atomic E-state index is 7.66. The van der Waals surface area contributed by atoms with E-state index in [0.717, 1.165) is 35.6 Å². The van der Waals surface area contributed by atoms with Gasteiger partial charge in [-0.25, -0.2) is 0 Å². The molecule has 104 valence electrons. The van der Waals surface area contributed by atoms with Crippen LogP contribution >= 0.6 is 0 Å². The first-order valence-electron chi connectivity index (χ1n) is 7.22. The molecular formula is C16H24N2O. The van der Waals surface area contributed by atoms with Gasteiger partial charge in [0, 0.05) is 0 Å². The van der Waals surface area contributed by atoms with Gasteiger partial charge in [-0.2, -0.15) is 0 Å². The van der Waals surface area contributed by atoms with Crippen molar-refractivity contribution < 1.29 is 4.74 Å². The summed E-state index contributed by atoms with van der Waals surface area (Å²) in [5.74, 6) is 1.67. The lowest BCUT2D eigenvalue weighted by atomic mass is 9.85. The number of nitrogen functional groups attached to an aromatic ring is 1. The number of nitrogens with one attached hydrogen (secondary N) is 1. The number of nitrogens with two attached hydrogens (primary N) is 1. The fourth-order valence-electron chi connectivity index (χ4n) is 2.91. The summed E-state index contributed by atoms with van der Waals surface area (Å²) < 4.78 is 6.19. The minimum Gasteiger partial charge on any atom is -0.489 e. The van der Waals surface area contributed by atoms with E-state index in [2.05, 4.69) is 6.92 Å². The molecule has 0 bridgehead atoms. The van der Waals surface area contributed by atoms with Crippen LogP contribution in [0, 0.1) is 18.3 Å². The third-order valence-electron chi connectivity index (χ3n) is 4.10. The summed E-state index contributed by atoms with van der Waals surface area (Å²) >= 11 is 0. The molecule has 19 heavy (non-hydrogen) atoms. The van der Waals surface area contributed by atoms with Crippen LogP contribution in [0.5, 0.6) is 5.75 Å². The molecule has 0 heterocycles. The normalized spacial score (nSPS) is 23.1. The van der Waals surface area contributed by atoms with E-state index < -0.39 is 0 Å². The third kappa shape index (κ3) is 3.28. The third-order valence-corrected chi connectivity index (χ3v) is 4.10. The molecule has 0 aromatic heterocycles. The Morgan fingerprint density at radius 1 is 1.42 bits per heavy atom. The quantitative estimate of drug-likeness (QED) is 0.641. The monoisotopic (exact) mass is 260 g/mol. The number of para-hydroxylation sites is 1. The maximum Gasteiger partial charge on any atom is 0.133 e. The number of hydrogen-bond acceptors (Lipinski definition) is 2. The highest BCUT2D eigenvalue weighted by Gasteiger charge is 2.23. The number of benzene rings is 1. The van der Waals surface area contributed by atoms with Crippen molar-refractivity contribution in [3.05, 3.63) is 29.3 Å². The summed E-state index contributed by atoms with van der Waals surface area (Å²) in [4.78, 5) is 0. The van der Waals surface area contributed by atoms with Gasteiger partial charge in [0.05, 0.1) is 11.7 Å². The standard InChI is InChI=1S/C16H24N2O/c1-3-12-7-5-8-13(10-12)19-15-11(2)6-4-9-14(15)16(17)18/h4,6,9,12-13H,3,5,7-8,10H2,1-2H3,(H3,17,18). The summed E-state index contributed by atoms with van der Waals surface area (Å²) in [5.41, 5.74) is 7.43. The Morgan fingerprint density at radius 2 is 2.21 bits per heavy atom. The van der Waals surface area contributed by atoms with Gasteiger partial charge in [0.2, 0.25) is 0 Å². The Morgan fingerprint density at radius 3 is 2.89 bits per heavy atom. The van der Waals surface area contributed by atoms with Gasteiger partial charge in [-0.3, -0.25) is 5.41 Å². The lowest BCUT2D eigenvalue weighted by molar-refractivity contribution is 0.121. The molecular weight excluding hydrogens is 236 g/mol. The van der Waals surface area contributed by atoms with Crippen molar-refractivity contribution in [3.63, 3.8) is 0 Å². The molecule has 3 heteroatoms. The Bertz CT molecular complexity index is 456. The molecule has 0 saturated heterocycles. The van der Waals surface area contributed by atoms with Gasteiger partial charge < -0.3 is 10.5 Å². The second-order valence-electron chi connectivity index (χ2n) is 5.55. The minimum atomic E-state index is 0.0848. The van der Waals surface area contributed by atoms with E-state index in [-0.39, 0.29) is 11.9 Å². The average Bonchev–Trinajstić information content (AvgIpc) is 2.41. The fourth-order valence-corrected chi connectivity index (χ4v) is 2.91. The van der Waals surface area contributed by atoms with Gasteiger partial charge in [0.15, 0.2) is 0 Å². The van der Waals surface area contributed by atoms with Gasteiger partial charge in [-0.15, -0.1) is 0 Å². The van der Waals surface area contributed by atoms with Crippen LogP contribution in [0.25, 0.3) is 0 Å². The van der Waals surface area contributed by atoms with Gasteiger partial charge in [-0.1, -0.05) is 31.9 Å². The van der Waals surface area contributed by atoms with Crippen molar-refractivity contribution >= 4 is 5.84 Å². The second-order valence-corrected chi connectivity index (χ2v) is 5.55. The molecule has 1 saturated carbocycles. The van der Waals surface area contributed by atoms with E-state index in [1.54, 1.807) is 0 Å². The van der Waals surface area contributed by atoms with E-state index in [4.69, 9.17) is 15.9 Å². The van der Waals surface area contributed by atoms with E-state index in [1.165, 1.54) is 19.3 Å². The smallest absolute Gasteiger partial charge is 0.133 e. The highest BCUT2D eigenvalue weighted by molar-refractivity contribution is 5.98. The van der Waals surface area contributed by atoms with Crippen LogP contribution in [-0.2, 0) is 0 Å². The number of rotatable bonds is 4. The predicted molar refractivity (Wildman–Crippen MR) is 78.9 cm³/mol. The first-order chi connectivity index (χ1) is 9.11. The van der Waals surface area contributed by atoms with Gasteiger partial charge in [0.1, 0.15) is 11.6 Å². The van der Waals surface area contributed by atoms with Crippen molar-refractivity contribution in [2.45, 2.75) is 52.1 Å². The average molecular weight is 260 g/mol. The van der Waals surface area contributed by atoms with E-state index in [9.17, 15) is 0 Å². The summed E-state index contributed by atoms with van der Waals surface area (Å²) in [6.45, 7) is 4.27. The van der Waals surface area contributed by atoms with Crippen LogP contribution in [0.2, 0.25) is 0 Å².